The lowest BCUT2D eigenvalue weighted by Crippen LogP contribution is -2.17. The Labute approximate surface area is 169 Å². The van der Waals surface area contributed by atoms with E-state index in [-0.39, 0.29) is 11.8 Å². The Morgan fingerprint density at radius 3 is 2.27 bits per heavy atom. The summed E-state index contributed by atoms with van der Waals surface area (Å²) in [5, 5.41) is 2.42. The number of H-pyrrole nitrogens is 1. The van der Waals surface area contributed by atoms with Crippen LogP contribution in [0.4, 0.5) is 32.0 Å². The van der Waals surface area contributed by atoms with Gasteiger partial charge in [-0.25, -0.2) is 4.98 Å². The lowest BCUT2D eigenvalue weighted by molar-refractivity contribution is -0.143. The summed E-state index contributed by atoms with van der Waals surface area (Å²) in [5.74, 6) is -0.481. The minimum absolute atomic E-state index is 0.00686. The zero-order valence-electron chi connectivity index (χ0n) is 15.1. The summed E-state index contributed by atoms with van der Waals surface area (Å²) >= 11 is 0.942. The number of hydrogen-bond acceptors (Lipinski definition) is 4. The van der Waals surface area contributed by atoms with Crippen LogP contribution < -0.4 is 10.1 Å². The Hall–Kier alpha value is -2.89. The van der Waals surface area contributed by atoms with Gasteiger partial charge in [0.15, 0.2) is 5.16 Å². The van der Waals surface area contributed by atoms with E-state index in [1.807, 2.05) is 0 Å². The lowest BCUT2D eigenvalue weighted by atomic mass is 10.1. The smallest absolute Gasteiger partial charge is 0.416 e. The minimum atomic E-state index is -5.00. The molecule has 160 valence electrons. The van der Waals surface area contributed by atoms with E-state index in [1.165, 1.54) is 7.11 Å². The predicted octanol–water partition coefficient (Wildman–Crippen LogP) is 5.34. The van der Waals surface area contributed by atoms with E-state index in [1.54, 1.807) is 18.2 Å². The summed E-state index contributed by atoms with van der Waals surface area (Å²) < 4.78 is 82.4. The number of carbonyl (C=O) groups is 1. The molecule has 1 heterocycles. The molecule has 0 unspecified atom stereocenters. The Kier molecular flexibility index (Phi) is 5.88. The Morgan fingerprint density at radius 2 is 1.70 bits per heavy atom. The van der Waals surface area contributed by atoms with Crippen molar-refractivity contribution in [1.82, 2.24) is 9.97 Å². The van der Waals surface area contributed by atoms with Crippen molar-refractivity contribution in [1.29, 1.82) is 0 Å². The van der Waals surface area contributed by atoms with Crippen LogP contribution in [0.5, 0.6) is 5.75 Å². The molecule has 0 aliphatic carbocycles. The van der Waals surface area contributed by atoms with Crippen LogP contribution in [-0.2, 0) is 17.1 Å². The van der Waals surface area contributed by atoms with Gasteiger partial charge in [0.25, 0.3) is 0 Å². The largest absolute Gasteiger partial charge is 0.497 e. The van der Waals surface area contributed by atoms with Gasteiger partial charge in [-0.3, -0.25) is 4.79 Å². The van der Waals surface area contributed by atoms with Crippen molar-refractivity contribution in [3.8, 4) is 5.75 Å². The standard InChI is InChI=1S/C18H13F6N3O2S/c1-29-12-2-3-13-14(7-12)27-16(26-13)30-8-15(28)25-11-5-9(17(19,20)21)4-10(6-11)18(22,23)24/h2-7H,8H2,1H3,(H,25,28)(H,26,27). The first kappa shape index (κ1) is 21.8. The number of nitrogens with one attached hydrogen (secondary N) is 2. The summed E-state index contributed by atoms with van der Waals surface area (Å²) in [5.41, 5.74) is -2.37. The summed E-state index contributed by atoms with van der Waals surface area (Å²) in [6, 6.07) is 5.96. The number of alkyl halides is 6. The van der Waals surface area contributed by atoms with Crippen LogP contribution in [0.1, 0.15) is 11.1 Å². The molecule has 0 saturated heterocycles. The number of thioether (sulfide) groups is 1. The maximum absolute atomic E-state index is 12.9. The number of halogens is 6. The average molecular weight is 449 g/mol. The van der Waals surface area contributed by atoms with E-state index >= 15 is 0 Å². The number of amides is 1. The molecule has 12 heteroatoms. The predicted molar refractivity (Wildman–Crippen MR) is 98.4 cm³/mol. The zero-order valence-corrected chi connectivity index (χ0v) is 15.9. The van der Waals surface area contributed by atoms with E-state index in [4.69, 9.17) is 4.74 Å². The van der Waals surface area contributed by atoms with Crippen molar-refractivity contribution < 1.29 is 35.9 Å². The number of anilines is 1. The van der Waals surface area contributed by atoms with Gasteiger partial charge < -0.3 is 15.0 Å². The number of aromatic nitrogens is 2. The highest BCUT2D eigenvalue weighted by molar-refractivity contribution is 7.99. The van der Waals surface area contributed by atoms with Gasteiger partial charge in [0.1, 0.15) is 5.75 Å². The number of carbonyl (C=O) groups excluding carboxylic acids is 1. The number of ether oxygens (including phenoxy) is 1. The molecule has 3 aromatic rings. The van der Waals surface area contributed by atoms with Crippen LogP contribution in [0, 0.1) is 0 Å². The summed E-state index contributed by atoms with van der Waals surface area (Å²) in [4.78, 5) is 19.2. The van der Waals surface area contributed by atoms with Crippen LogP contribution in [0.2, 0.25) is 0 Å². The van der Waals surface area contributed by atoms with Crippen molar-refractivity contribution in [2.75, 3.05) is 18.2 Å². The van der Waals surface area contributed by atoms with E-state index in [2.05, 4.69) is 15.3 Å². The van der Waals surface area contributed by atoms with Crippen molar-refractivity contribution in [3.63, 3.8) is 0 Å². The molecule has 2 N–H and O–H groups in total. The van der Waals surface area contributed by atoms with E-state index in [0.717, 1.165) is 11.8 Å². The van der Waals surface area contributed by atoms with Crippen molar-refractivity contribution in [3.05, 3.63) is 47.5 Å². The molecule has 0 fully saturated rings. The number of benzene rings is 2. The molecule has 2 aromatic carbocycles. The number of imidazole rings is 1. The molecule has 0 spiro atoms. The van der Waals surface area contributed by atoms with Crippen molar-refractivity contribution in [2.45, 2.75) is 17.5 Å². The molecule has 3 rings (SSSR count). The molecule has 0 radical (unpaired) electrons. The van der Waals surface area contributed by atoms with Gasteiger partial charge in [0.05, 0.1) is 35.0 Å². The van der Waals surface area contributed by atoms with Gasteiger partial charge in [-0.15, -0.1) is 0 Å². The molecule has 0 aliphatic rings. The SMILES string of the molecule is COc1ccc2nc(SCC(=O)Nc3cc(C(F)(F)F)cc(C(F)(F)F)c3)[nH]c2c1. The lowest BCUT2D eigenvalue weighted by Gasteiger charge is -2.14. The third-order valence-corrected chi connectivity index (χ3v) is 4.75. The molecular formula is C18H13F6N3O2S. The second kappa shape index (κ2) is 8.09. The number of rotatable bonds is 5. The quantitative estimate of drug-likeness (QED) is 0.408. The van der Waals surface area contributed by atoms with Gasteiger partial charge >= 0.3 is 12.4 Å². The maximum Gasteiger partial charge on any atom is 0.416 e. The molecule has 0 atom stereocenters. The van der Waals surface area contributed by atoms with Crippen LogP contribution >= 0.6 is 11.8 Å². The highest BCUT2D eigenvalue weighted by Gasteiger charge is 2.37. The fraction of sp³-hybridized carbons (Fsp3) is 0.222. The number of nitrogens with zero attached hydrogens (tertiary/aromatic N) is 1. The Bertz CT molecular complexity index is 1050. The third kappa shape index (κ3) is 5.17. The van der Waals surface area contributed by atoms with E-state index in [0.29, 0.717) is 34.1 Å². The summed E-state index contributed by atoms with van der Waals surface area (Å²) in [6.45, 7) is 0. The number of aromatic amines is 1. The first-order valence-corrected chi connectivity index (χ1v) is 9.20. The molecule has 0 bridgehead atoms. The van der Waals surface area contributed by atoms with Gasteiger partial charge in [0.2, 0.25) is 5.91 Å². The van der Waals surface area contributed by atoms with Crippen LogP contribution in [0.3, 0.4) is 0 Å². The number of fused-ring (bicyclic) bond motifs is 1. The fourth-order valence-corrected chi connectivity index (χ4v) is 3.20. The second-order valence-corrected chi connectivity index (χ2v) is 7.02. The highest BCUT2D eigenvalue weighted by Crippen LogP contribution is 2.37. The average Bonchev–Trinajstić information content (AvgIpc) is 3.06. The number of hydrogen-bond donors (Lipinski definition) is 2. The highest BCUT2D eigenvalue weighted by atomic mass is 32.2. The number of methoxy groups -OCH3 is 1. The van der Waals surface area contributed by atoms with Crippen LogP contribution in [-0.4, -0.2) is 28.7 Å². The topological polar surface area (TPSA) is 67.0 Å². The normalized spacial score (nSPS) is 12.2. The monoisotopic (exact) mass is 449 g/mol. The Morgan fingerprint density at radius 1 is 1.07 bits per heavy atom. The van der Waals surface area contributed by atoms with E-state index in [9.17, 15) is 31.1 Å². The fourth-order valence-electron chi connectivity index (χ4n) is 2.52. The third-order valence-electron chi connectivity index (χ3n) is 3.88. The van der Waals surface area contributed by atoms with Crippen LogP contribution in [0.15, 0.2) is 41.6 Å². The minimum Gasteiger partial charge on any atom is -0.497 e. The second-order valence-electron chi connectivity index (χ2n) is 6.06. The first-order valence-electron chi connectivity index (χ1n) is 8.21. The summed E-state index contributed by atoms with van der Waals surface area (Å²) in [6.07, 6.45) is -9.99. The summed E-state index contributed by atoms with van der Waals surface area (Å²) in [7, 11) is 1.50. The van der Waals surface area contributed by atoms with Gasteiger partial charge in [-0.1, -0.05) is 11.8 Å². The van der Waals surface area contributed by atoms with Gasteiger partial charge in [-0.05, 0) is 30.3 Å². The van der Waals surface area contributed by atoms with E-state index < -0.39 is 35.1 Å². The molecule has 0 aliphatic heterocycles. The van der Waals surface area contributed by atoms with Crippen LogP contribution in [0.25, 0.3) is 11.0 Å². The first-order chi connectivity index (χ1) is 14.0. The van der Waals surface area contributed by atoms with Crippen molar-refractivity contribution in [2.24, 2.45) is 0 Å². The molecule has 0 saturated carbocycles. The molecule has 5 nitrogen and oxygen atoms in total. The zero-order chi connectivity index (χ0) is 22.1. The maximum atomic E-state index is 12.9. The molecular weight excluding hydrogens is 436 g/mol. The molecule has 1 aromatic heterocycles. The Balaban J connectivity index is 1.73. The molecule has 30 heavy (non-hydrogen) atoms. The van der Waals surface area contributed by atoms with Crippen molar-refractivity contribution >= 4 is 34.4 Å². The van der Waals surface area contributed by atoms with Gasteiger partial charge in [0, 0.05) is 11.8 Å². The van der Waals surface area contributed by atoms with Gasteiger partial charge in [-0.2, -0.15) is 26.3 Å². The molecule has 1 amide bonds.